The normalized spacial score (nSPS) is 11.3. The summed E-state index contributed by atoms with van der Waals surface area (Å²) in [6, 6.07) is 13.3. The smallest absolute Gasteiger partial charge is 0.342 e. The molecule has 9 heteroatoms. The number of rotatable bonds is 8. The van der Waals surface area contributed by atoms with Crippen molar-refractivity contribution < 1.29 is 19.4 Å². The molecule has 2 N–H and O–H groups in total. The molecule has 0 amide bonds. The maximum atomic E-state index is 11.7. The Kier molecular flexibility index (Phi) is 6.95. The largest absolute Gasteiger partial charge is 0.493 e. The zero-order valence-corrected chi connectivity index (χ0v) is 18.1. The van der Waals surface area contributed by atoms with E-state index in [1.807, 2.05) is 30.3 Å². The molecule has 7 nitrogen and oxygen atoms in total. The summed E-state index contributed by atoms with van der Waals surface area (Å²) in [5.41, 5.74) is 1.66. The summed E-state index contributed by atoms with van der Waals surface area (Å²) >= 11 is 4.45. The quantitative estimate of drug-likeness (QED) is 0.360. The van der Waals surface area contributed by atoms with Crippen LogP contribution in [0.25, 0.3) is 6.08 Å². The molecule has 0 saturated heterocycles. The first kappa shape index (κ1) is 20.9. The van der Waals surface area contributed by atoms with Gasteiger partial charge in [-0.25, -0.2) is 9.78 Å². The highest BCUT2D eigenvalue weighted by atomic mass is 79.9. The Morgan fingerprint density at radius 3 is 2.66 bits per heavy atom. The van der Waals surface area contributed by atoms with Crippen LogP contribution in [0.5, 0.6) is 11.5 Å². The molecule has 0 aliphatic heterocycles. The molecule has 0 aliphatic rings. The number of aromatic nitrogens is 3. The zero-order chi connectivity index (χ0) is 20.8. The predicted molar refractivity (Wildman–Crippen MR) is 114 cm³/mol. The first-order valence-corrected chi connectivity index (χ1v) is 10.1. The van der Waals surface area contributed by atoms with Gasteiger partial charge in [-0.15, -0.1) is 5.10 Å². The maximum Gasteiger partial charge on any atom is 0.342 e. The SMILES string of the molecule is COc1cc(/C=C(\Sc2n[nH]c(C)n2)C(=O)O)c(Br)cc1OCc1ccccc1. The van der Waals surface area contributed by atoms with E-state index in [0.29, 0.717) is 39.1 Å². The molecule has 0 aliphatic carbocycles. The number of aromatic amines is 1. The second kappa shape index (κ2) is 9.62. The van der Waals surface area contributed by atoms with Gasteiger partial charge >= 0.3 is 5.97 Å². The molecule has 3 aromatic rings. The van der Waals surface area contributed by atoms with E-state index >= 15 is 0 Å². The van der Waals surface area contributed by atoms with Crippen molar-refractivity contribution in [3.8, 4) is 11.5 Å². The fourth-order valence-corrected chi connectivity index (χ4v) is 3.59. The van der Waals surface area contributed by atoms with Gasteiger partial charge in [-0.3, -0.25) is 5.10 Å². The number of carbonyl (C=O) groups is 1. The number of aliphatic carboxylic acids is 1. The Morgan fingerprint density at radius 1 is 1.28 bits per heavy atom. The number of halogens is 1. The van der Waals surface area contributed by atoms with Gasteiger partial charge < -0.3 is 14.6 Å². The molecular weight excluding hydrogens is 458 g/mol. The second-order valence-corrected chi connectivity index (χ2v) is 7.78. The fourth-order valence-electron chi connectivity index (χ4n) is 2.41. The standard InChI is InChI=1S/C20H18BrN3O4S/c1-12-22-20(24-23-12)29-18(19(25)26)9-14-8-16(27-2)17(10-15(14)21)28-11-13-6-4-3-5-7-13/h3-10H,11H2,1-2H3,(H,25,26)(H,22,23,24)/b18-9-. The minimum Gasteiger partial charge on any atom is -0.493 e. The van der Waals surface area contributed by atoms with E-state index in [0.717, 1.165) is 17.3 Å². The Balaban J connectivity index is 1.86. The van der Waals surface area contributed by atoms with Gasteiger partial charge in [-0.1, -0.05) is 46.3 Å². The number of hydrogen-bond donors (Lipinski definition) is 2. The third-order valence-corrected chi connectivity index (χ3v) is 5.36. The van der Waals surface area contributed by atoms with E-state index < -0.39 is 5.97 Å². The lowest BCUT2D eigenvalue weighted by Gasteiger charge is -2.13. The Morgan fingerprint density at radius 2 is 2.03 bits per heavy atom. The Hall–Kier alpha value is -2.78. The summed E-state index contributed by atoms with van der Waals surface area (Å²) < 4.78 is 12.0. The highest BCUT2D eigenvalue weighted by molar-refractivity contribution is 9.10. The van der Waals surface area contributed by atoms with Crippen molar-refractivity contribution >= 4 is 39.7 Å². The van der Waals surface area contributed by atoms with Crippen LogP contribution in [0.1, 0.15) is 17.0 Å². The molecule has 0 unspecified atom stereocenters. The van der Waals surface area contributed by atoms with Gasteiger partial charge in [0.2, 0.25) is 5.16 Å². The molecule has 1 aromatic heterocycles. The number of thioether (sulfide) groups is 1. The first-order valence-electron chi connectivity index (χ1n) is 8.52. The molecule has 0 radical (unpaired) electrons. The van der Waals surface area contributed by atoms with Crippen molar-refractivity contribution in [1.82, 2.24) is 15.2 Å². The molecular formula is C20H18BrN3O4S. The maximum absolute atomic E-state index is 11.7. The summed E-state index contributed by atoms with van der Waals surface area (Å²) in [6.45, 7) is 2.13. The van der Waals surface area contributed by atoms with Crippen LogP contribution in [0.2, 0.25) is 0 Å². The van der Waals surface area contributed by atoms with Gasteiger partial charge in [-0.05, 0) is 48.0 Å². The monoisotopic (exact) mass is 475 g/mol. The first-order chi connectivity index (χ1) is 14.0. The number of aryl methyl sites for hydroxylation is 1. The lowest BCUT2D eigenvalue weighted by molar-refractivity contribution is -0.131. The molecule has 0 fully saturated rings. The molecule has 150 valence electrons. The van der Waals surface area contributed by atoms with Gasteiger partial charge in [0.25, 0.3) is 0 Å². The number of H-pyrrole nitrogens is 1. The number of ether oxygens (including phenoxy) is 2. The van der Waals surface area contributed by atoms with Crippen LogP contribution in [-0.2, 0) is 11.4 Å². The molecule has 0 atom stereocenters. The molecule has 1 heterocycles. The van der Waals surface area contributed by atoms with Crippen LogP contribution < -0.4 is 9.47 Å². The van der Waals surface area contributed by atoms with Gasteiger partial charge in [0, 0.05) is 4.47 Å². The lowest BCUT2D eigenvalue weighted by atomic mass is 10.2. The summed E-state index contributed by atoms with van der Waals surface area (Å²) in [5.74, 6) is 0.584. The molecule has 2 aromatic carbocycles. The average Bonchev–Trinajstić information content (AvgIpc) is 3.12. The summed E-state index contributed by atoms with van der Waals surface area (Å²) in [5, 5.41) is 16.6. The van der Waals surface area contributed by atoms with E-state index in [-0.39, 0.29) is 4.91 Å². The lowest BCUT2D eigenvalue weighted by Crippen LogP contribution is -2.00. The highest BCUT2D eigenvalue weighted by Gasteiger charge is 2.16. The number of carboxylic acid groups (broad SMARTS) is 1. The van der Waals surface area contributed by atoms with Gasteiger partial charge in [0.05, 0.1) is 7.11 Å². The van der Waals surface area contributed by atoms with Gasteiger partial charge in [-0.2, -0.15) is 0 Å². The number of carboxylic acids is 1. The van der Waals surface area contributed by atoms with Crippen molar-refractivity contribution in [1.29, 1.82) is 0 Å². The molecule has 3 rings (SSSR count). The van der Waals surface area contributed by atoms with E-state index in [2.05, 4.69) is 31.1 Å². The van der Waals surface area contributed by atoms with Crippen molar-refractivity contribution in [3.63, 3.8) is 0 Å². The number of benzene rings is 2. The fraction of sp³-hybridized carbons (Fsp3) is 0.150. The van der Waals surface area contributed by atoms with Crippen LogP contribution in [-0.4, -0.2) is 33.4 Å². The van der Waals surface area contributed by atoms with Crippen LogP contribution in [0, 0.1) is 6.92 Å². The number of methoxy groups -OCH3 is 1. The van der Waals surface area contributed by atoms with Crippen molar-refractivity contribution in [3.05, 3.63) is 68.8 Å². The van der Waals surface area contributed by atoms with Crippen LogP contribution in [0.3, 0.4) is 0 Å². The van der Waals surface area contributed by atoms with Gasteiger partial charge in [0.1, 0.15) is 17.3 Å². The van der Waals surface area contributed by atoms with Crippen molar-refractivity contribution in [2.75, 3.05) is 7.11 Å². The third kappa shape index (κ3) is 5.61. The highest BCUT2D eigenvalue weighted by Crippen LogP contribution is 2.36. The summed E-state index contributed by atoms with van der Waals surface area (Å²) in [6.07, 6.45) is 1.53. The Bertz CT molecular complexity index is 1040. The summed E-state index contributed by atoms with van der Waals surface area (Å²) in [4.78, 5) is 15.9. The third-order valence-electron chi connectivity index (χ3n) is 3.80. The van der Waals surface area contributed by atoms with Crippen molar-refractivity contribution in [2.24, 2.45) is 0 Å². The second-order valence-electron chi connectivity index (χ2n) is 5.92. The molecule has 0 saturated carbocycles. The minimum atomic E-state index is -1.08. The van der Waals surface area contributed by atoms with Gasteiger partial charge in [0.15, 0.2) is 11.5 Å². The summed E-state index contributed by atoms with van der Waals surface area (Å²) in [7, 11) is 1.54. The number of nitrogens with one attached hydrogen (secondary N) is 1. The van der Waals surface area contributed by atoms with E-state index in [1.54, 1.807) is 19.1 Å². The average molecular weight is 476 g/mol. The van der Waals surface area contributed by atoms with E-state index in [4.69, 9.17) is 9.47 Å². The minimum absolute atomic E-state index is 0.0738. The molecule has 0 bridgehead atoms. The Labute approximate surface area is 180 Å². The van der Waals surface area contributed by atoms with Crippen molar-refractivity contribution in [2.45, 2.75) is 18.7 Å². The van der Waals surface area contributed by atoms with Crippen LogP contribution >= 0.6 is 27.7 Å². The van der Waals surface area contributed by atoms with E-state index in [1.165, 1.54) is 13.2 Å². The van der Waals surface area contributed by atoms with Crippen LogP contribution in [0.15, 0.2) is 57.0 Å². The van der Waals surface area contributed by atoms with E-state index in [9.17, 15) is 9.90 Å². The number of hydrogen-bond acceptors (Lipinski definition) is 6. The molecule has 0 spiro atoms. The topological polar surface area (TPSA) is 97.3 Å². The zero-order valence-electron chi connectivity index (χ0n) is 15.7. The predicted octanol–water partition coefficient (Wildman–Crippen LogP) is 4.68. The van der Waals surface area contributed by atoms with Crippen LogP contribution in [0.4, 0.5) is 0 Å². The molecule has 29 heavy (non-hydrogen) atoms. The number of nitrogens with zero attached hydrogens (tertiary/aromatic N) is 2.